The predicted octanol–water partition coefficient (Wildman–Crippen LogP) is 5.57. The van der Waals surface area contributed by atoms with Gasteiger partial charge in [-0.2, -0.15) is 0 Å². The van der Waals surface area contributed by atoms with E-state index in [2.05, 4.69) is 95.1 Å². The van der Waals surface area contributed by atoms with E-state index in [4.69, 9.17) is 0 Å². The highest BCUT2D eigenvalue weighted by Gasteiger charge is 2.40. The first kappa shape index (κ1) is 24.6. The Bertz CT molecular complexity index is 1010. The van der Waals surface area contributed by atoms with Crippen molar-refractivity contribution in [1.29, 1.82) is 0 Å². The van der Waals surface area contributed by atoms with Gasteiger partial charge in [0.25, 0.3) is 0 Å². The van der Waals surface area contributed by atoms with Crippen molar-refractivity contribution in [2.45, 2.75) is 59.5 Å². The van der Waals surface area contributed by atoms with Crippen LogP contribution in [-0.2, 0) is 0 Å². The number of aliphatic imine (C=N–C) groups is 1. The maximum Gasteiger partial charge on any atom is 0.148 e. The number of hydrogen-bond acceptors (Lipinski definition) is 5. The minimum absolute atomic E-state index is 0.491. The molecule has 0 radical (unpaired) electrons. The maximum atomic E-state index is 4.38. The third-order valence-electron chi connectivity index (χ3n) is 6.56. The lowest BCUT2D eigenvalue weighted by atomic mass is 10.0. The fourth-order valence-electron chi connectivity index (χ4n) is 5.11. The lowest BCUT2D eigenvalue weighted by molar-refractivity contribution is 0.276. The topological polar surface area (TPSA) is 43.8 Å². The number of benzene rings is 1. The predicted molar refractivity (Wildman–Crippen MR) is 142 cm³/mol. The number of pyridine rings is 1. The van der Waals surface area contributed by atoms with Gasteiger partial charge in [-0.25, -0.2) is 4.99 Å². The number of anilines is 1. The standard InChI is InChI=1S/C26H33N5.C2H6/c1-18-8-6-7-9-24(18)19(2)14-25(26(27-4)28-5)30-16-22-10-11-23(17-30)31(22)21-12-13-29-20(3)15-21;1-2/h6-9,12-15,22-23,28H,4,10-11,16-17H2,1-3,5H3;1-2H3/b19-14+,26-25-;. The third-order valence-corrected chi connectivity index (χ3v) is 6.56. The zero-order valence-corrected chi connectivity index (χ0v) is 21.1. The number of hydrogen-bond donors (Lipinski definition) is 1. The van der Waals surface area contributed by atoms with Gasteiger partial charge in [-0.15, -0.1) is 0 Å². The van der Waals surface area contributed by atoms with Crippen LogP contribution >= 0.6 is 0 Å². The van der Waals surface area contributed by atoms with Crippen LogP contribution in [0.3, 0.4) is 0 Å². The summed E-state index contributed by atoms with van der Waals surface area (Å²) >= 11 is 0. The summed E-state index contributed by atoms with van der Waals surface area (Å²) in [5.74, 6) is 0.834. The van der Waals surface area contributed by atoms with E-state index in [1.165, 1.54) is 35.2 Å². The number of fused-ring (bicyclic) bond motifs is 2. The summed E-state index contributed by atoms with van der Waals surface area (Å²) in [6, 6.07) is 13.9. The largest absolute Gasteiger partial charge is 0.371 e. The number of aryl methyl sites for hydroxylation is 2. The summed E-state index contributed by atoms with van der Waals surface area (Å²) < 4.78 is 0. The number of allylic oxidation sites excluding steroid dienone is 2. The molecular formula is C28H39N5. The molecule has 4 rings (SSSR count). The van der Waals surface area contributed by atoms with Gasteiger partial charge in [0.1, 0.15) is 5.82 Å². The molecule has 1 aromatic carbocycles. The molecular weight excluding hydrogens is 406 g/mol. The van der Waals surface area contributed by atoms with Gasteiger partial charge in [0.05, 0.1) is 5.70 Å². The van der Waals surface area contributed by atoms with Crippen molar-refractivity contribution in [2.24, 2.45) is 4.99 Å². The van der Waals surface area contributed by atoms with Crippen molar-refractivity contribution in [3.05, 3.63) is 77.0 Å². The van der Waals surface area contributed by atoms with E-state index in [9.17, 15) is 0 Å². The minimum Gasteiger partial charge on any atom is -0.371 e. The minimum atomic E-state index is 0.491. The molecule has 2 aliphatic heterocycles. The Labute approximate surface area is 199 Å². The summed E-state index contributed by atoms with van der Waals surface area (Å²) in [6.07, 6.45) is 6.63. The molecule has 2 unspecified atom stereocenters. The number of likely N-dealkylation sites (tertiary alicyclic amines) is 1. The highest BCUT2D eigenvalue weighted by atomic mass is 15.3. The summed E-state index contributed by atoms with van der Waals surface area (Å²) in [6.45, 7) is 16.2. The summed E-state index contributed by atoms with van der Waals surface area (Å²) in [5.41, 5.74) is 7.29. The van der Waals surface area contributed by atoms with Gasteiger partial charge in [0.2, 0.25) is 0 Å². The molecule has 1 N–H and O–H groups in total. The van der Waals surface area contributed by atoms with Crippen LogP contribution in [0.5, 0.6) is 0 Å². The van der Waals surface area contributed by atoms with Crippen molar-refractivity contribution in [2.75, 3.05) is 25.0 Å². The summed E-state index contributed by atoms with van der Waals surface area (Å²) in [4.78, 5) is 13.8. The molecule has 2 saturated heterocycles. The van der Waals surface area contributed by atoms with Crippen LogP contribution < -0.4 is 10.2 Å². The number of nitrogens with zero attached hydrogens (tertiary/aromatic N) is 4. The summed E-state index contributed by atoms with van der Waals surface area (Å²) in [5, 5.41) is 3.26. The maximum absolute atomic E-state index is 4.38. The van der Waals surface area contributed by atoms with Crippen molar-refractivity contribution in [3.63, 3.8) is 0 Å². The molecule has 0 amide bonds. The zero-order valence-electron chi connectivity index (χ0n) is 21.1. The van der Waals surface area contributed by atoms with Crippen LogP contribution in [-0.4, -0.2) is 48.8 Å². The van der Waals surface area contributed by atoms with Crippen LogP contribution in [0.2, 0.25) is 0 Å². The number of rotatable bonds is 6. The molecule has 1 aromatic heterocycles. The lowest BCUT2D eigenvalue weighted by Crippen LogP contribution is -2.53. The zero-order chi connectivity index (χ0) is 24.0. The van der Waals surface area contributed by atoms with Gasteiger partial charge in [-0.3, -0.25) is 4.98 Å². The molecule has 176 valence electrons. The fourth-order valence-corrected chi connectivity index (χ4v) is 5.11. The Kier molecular flexibility index (Phi) is 8.32. The first-order valence-corrected chi connectivity index (χ1v) is 12.1. The normalized spacial score (nSPS) is 20.6. The average molecular weight is 446 g/mol. The molecule has 3 heterocycles. The van der Waals surface area contributed by atoms with E-state index < -0.39 is 0 Å². The van der Waals surface area contributed by atoms with Crippen LogP contribution in [0.15, 0.2) is 65.2 Å². The first-order valence-electron chi connectivity index (χ1n) is 12.1. The van der Waals surface area contributed by atoms with E-state index in [0.29, 0.717) is 12.1 Å². The Morgan fingerprint density at radius 2 is 1.79 bits per heavy atom. The third kappa shape index (κ3) is 5.29. The number of aromatic nitrogens is 1. The van der Waals surface area contributed by atoms with E-state index in [-0.39, 0.29) is 0 Å². The molecule has 5 nitrogen and oxygen atoms in total. The van der Waals surface area contributed by atoms with Crippen molar-refractivity contribution >= 4 is 18.0 Å². The smallest absolute Gasteiger partial charge is 0.148 e. The summed E-state index contributed by atoms with van der Waals surface area (Å²) in [7, 11) is 1.92. The highest BCUT2D eigenvalue weighted by Crippen LogP contribution is 2.37. The molecule has 2 atom stereocenters. The number of piperazine rings is 1. The Hall–Kier alpha value is -3.08. The van der Waals surface area contributed by atoms with Gasteiger partial charge in [0, 0.05) is 49.8 Å². The second-order valence-corrected chi connectivity index (χ2v) is 8.64. The van der Waals surface area contributed by atoms with Crippen LogP contribution in [0.25, 0.3) is 5.57 Å². The van der Waals surface area contributed by atoms with Gasteiger partial charge < -0.3 is 15.1 Å². The first-order chi connectivity index (χ1) is 16.0. The van der Waals surface area contributed by atoms with Crippen LogP contribution in [0.4, 0.5) is 5.69 Å². The fraction of sp³-hybridized carbons (Fsp3) is 0.429. The lowest BCUT2D eigenvalue weighted by Gasteiger charge is -2.44. The molecule has 0 spiro atoms. The van der Waals surface area contributed by atoms with Gasteiger partial charge in [-0.05, 0) is 75.2 Å². The molecule has 2 fully saturated rings. The molecule has 2 aromatic rings. The Balaban J connectivity index is 0.00000149. The second kappa shape index (κ2) is 11.2. The van der Waals surface area contributed by atoms with Crippen molar-refractivity contribution < 1.29 is 0 Å². The van der Waals surface area contributed by atoms with Crippen molar-refractivity contribution in [1.82, 2.24) is 15.2 Å². The molecule has 0 aliphatic carbocycles. The van der Waals surface area contributed by atoms with E-state index in [1.807, 2.05) is 27.1 Å². The van der Waals surface area contributed by atoms with Gasteiger partial charge >= 0.3 is 0 Å². The second-order valence-electron chi connectivity index (χ2n) is 8.64. The molecule has 2 bridgehead atoms. The van der Waals surface area contributed by atoms with E-state index in [1.54, 1.807) is 0 Å². The molecule has 33 heavy (non-hydrogen) atoms. The molecule has 0 saturated carbocycles. The van der Waals surface area contributed by atoms with E-state index >= 15 is 0 Å². The SMILES string of the molecule is C=N/C(NC)=C(\C=C(/C)c1ccccc1C)N1CC2CCC(C1)N2c1ccnc(C)c1.CC. The van der Waals surface area contributed by atoms with Crippen molar-refractivity contribution in [3.8, 4) is 0 Å². The van der Waals surface area contributed by atoms with Gasteiger partial charge in [0.15, 0.2) is 0 Å². The monoisotopic (exact) mass is 445 g/mol. The quantitative estimate of drug-likeness (QED) is 0.466. The number of nitrogens with one attached hydrogen (secondary N) is 1. The van der Waals surface area contributed by atoms with Crippen LogP contribution in [0.1, 0.15) is 50.4 Å². The van der Waals surface area contributed by atoms with Gasteiger partial charge in [-0.1, -0.05) is 38.1 Å². The van der Waals surface area contributed by atoms with Crippen LogP contribution in [0, 0.1) is 13.8 Å². The Morgan fingerprint density at radius 3 is 2.36 bits per heavy atom. The molecule has 5 heteroatoms. The highest BCUT2D eigenvalue weighted by molar-refractivity contribution is 5.69. The van der Waals surface area contributed by atoms with E-state index in [0.717, 1.165) is 30.3 Å². The average Bonchev–Trinajstić information content (AvgIpc) is 3.10. The Morgan fingerprint density at radius 1 is 1.12 bits per heavy atom. The molecule has 2 aliphatic rings.